The van der Waals surface area contributed by atoms with Gasteiger partial charge < -0.3 is 9.13 Å². The van der Waals surface area contributed by atoms with Crippen LogP contribution in [0.5, 0.6) is 0 Å². The van der Waals surface area contributed by atoms with E-state index >= 15 is 0 Å². The highest BCUT2D eigenvalue weighted by Gasteiger charge is 2.21. The minimum absolute atomic E-state index is 0.457. The molecule has 4 nitrogen and oxygen atoms in total. The van der Waals surface area contributed by atoms with Crippen LogP contribution in [0.25, 0.3) is 82.1 Å². The molecule has 0 amide bonds. The Kier molecular flexibility index (Phi) is 6.22. The smallest absolute Gasteiger partial charge is 0.219 e. The number of rotatable bonds is 4. The fraction of sp³-hybridized carbons (Fsp3) is 0. The highest BCUT2D eigenvalue weighted by molar-refractivity contribution is 6.11. The maximum atomic E-state index is 10.2. The topological polar surface area (TPSA) is 38.0 Å². The highest BCUT2D eigenvalue weighted by Crippen LogP contribution is 2.43. The van der Waals surface area contributed by atoms with E-state index in [2.05, 4.69) is 129 Å². The molecule has 0 N–H and O–H groups in total. The van der Waals surface area contributed by atoms with E-state index in [9.17, 15) is 5.26 Å². The Balaban J connectivity index is 1.22. The summed E-state index contributed by atoms with van der Waals surface area (Å²) in [5, 5.41) is 14.9. The summed E-state index contributed by atoms with van der Waals surface area (Å²) in [7, 11) is 0. The van der Waals surface area contributed by atoms with Crippen molar-refractivity contribution in [3.63, 3.8) is 0 Å². The Hall–Kier alpha value is -6.88. The third kappa shape index (κ3) is 4.01. The summed E-state index contributed by atoms with van der Waals surface area (Å²) in [4.78, 5) is 4.09. The lowest BCUT2D eigenvalue weighted by Gasteiger charge is -2.16. The molecule has 7 aromatic carbocycles. The maximum absolute atomic E-state index is 10.2. The number of fused-ring (bicyclic) bond motifs is 6. The van der Waals surface area contributed by atoms with Gasteiger partial charge in [-0.25, -0.2) is 4.85 Å². The number of hydrogen-bond acceptors (Lipinski definition) is 1. The summed E-state index contributed by atoms with van der Waals surface area (Å²) in [5.74, 6) is 0. The van der Waals surface area contributed by atoms with Crippen LogP contribution in [0.1, 0.15) is 5.56 Å². The van der Waals surface area contributed by atoms with Gasteiger partial charge in [-0.05, 0) is 53.6 Å². The summed E-state index contributed by atoms with van der Waals surface area (Å²) in [6.45, 7) is 8.38. The molecular weight excluding hydrogens is 585 g/mol. The van der Waals surface area contributed by atoms with E-state index in [1.807, 2.05) is 48.5 Å². The van der Waals surface area contributed by atoms with Crippen LogP contribution < -0.4 is 0 Å². The van der Waals surface area contributed by atoms with Gasteiger partial charge in [0.1, 0.15) is 0 Å². The quantitative estimate of drug-likeness (QED) is 0.183. The zero-order valence-electron chi connectivity index (χ0n) is 25.8. The van der Waals surface area contributed by atoms with Crippen LogP contribution in [0.2, 0.25) is 0 Å². The van der Waals surface area contributed by atoms with Gasteiger partial charge in [-0.1, -0.05) is 115 Å². The molecular formula is C44H26N4. The number of para-hydroxylation sites is 5. The molecule has 0 aliphatic carbocycles. The Bertz CT molecular complexity index is 2690. The lowest BCUT2D eigenvalue weighted by atomic mass is 9.94. The van der Waals surface area contributed by atoms with Gasteiger partial charge in [0.2, 0.25) is 5.69 Å². The van der Waals surface area contributed by atoms with E-state index in [4.69, 9.17) is 6.57 Å². The average molecular weight is 611 g/mol. The second-order valence-electron chi connectivity index (χ2n) is 11.9. The van der Waals surface area contributed by atoms with Gasteiger partial charge in [-0.15, -0.1) is 0 Å². The Morgan fingerprint density at radius 3 is 1.40 bits per heavy atom. The lowest BCUT2D eigenvalue weighted by molar-refractivity contribution is 1.18. The maximum Gasteiger partial charge on any atom is 0.219 e. The molecule has 0 fully saturated rings. The second-order valence-corrected chi connectivity index (χ2v) is 11.9. The predicted octanol–water partition coefficient (Wildman–Crippen LogP) is 11.6. The molecule has 0 unspecified atom stereocenters. The van der Waals surface area contributed by atoms with Crippen LogP contribution in [-0.2, 0) is 0 Å². The number of nitrogens with zero attached hydrogens (tertiary/aromatic N) is 4. The van der Waals surface area contributed by atoms with Crippen LogP contribution in [0.15, 0.2) is 158 Å². The van der Waals surface area contributed by atoms with Crippen molar-refractivity contribution >= 4 is 49.3 Å². The van der Waals surface area contributed by atoms with E-state index in [-0.39, 0.29) is 0 Å². The third-order valence-corrected chi connectivity index (χ3v) is 9.42. The first-order chi connectivity index (χ1) is 23.8. The molecule has 0 radical (unpaired) electrons. The molecule has 9 rings (SSSR count). The molecule has 222 valence electrons. The highest BCUT2D eigenvalue weighted by atomic mass is 15.0. The van der Waals surface area contributed by atoms with Crippen LogP contribution in [0.4, 0.5) is 5.69 Å². The number of aromatic nitrogens is 2. The van der Waals surface area contributed by atoms with Crippen LogP contribution >= 0.6 is 0 Å². The number of benzene rings is 7. The zero-order chi connectivity index (χ0) is 32.2. The van der Waals surface area contributed by atoms with Crippen molar-refractivity contribution in [3.8, 4) is 39.7 Å². The fourth-order valence-corrected chi connectivity index (χ4v) is 7.35. The van der Waals surface area contributed by atoms with Crippen LogP contribution in [0.3, 0.4) is 0 Å². The molecule has 0 spiro atoms. The molecule has 0 atom stereocenters. The van der Waals surface area contributed by atoms with Crippen molar-refractivity contribution in [3.05, 3.63) is 175 Å². The molecule has 0 saturated heterocycles. The van der Waals surface area contributed by atoms with Gasteiger partial charge in [0.25, 0.3) is 0 Å². The van der Waals surface area contributed by atoms with Crippen LogP contribution in [-0.4, -0.2) is 9.13 Å². The molecule has 0 saturated carbocycles. The second kappa shape index (κ2) is 10.9. The first-order valence-electron chi connectivity index (χ1n) is 15.9. The van der Waals surface area contributed by atoms with Gasteiger partial charge in [-0.3, -0.25) is 0 Å². The number of nitriles is 1. The summed E-state index contributed by atoms with van der Waals surface area (Å²) in [5.41, 5.74) is 10.8. The summed E-state index contributed by atoms with van der Waals surface area (Å²) in [6, 6.07) is 56.5. The molecule has 0 aliphatic heterocycles. The van der Waals surface area contributed by atoms with Crippen molar-refractivity contribution in [1.29, 1.82) is 5.26 Å². The molecule has 9 aromatic rings. The molecule has 2 heterocycles. The Morgan fingerprint density at radius 1 is 0.458 bits per heavy atom. The minimum atomic E-state index is 0.457. The third-order valence-electron chi connectivity index (χ3n) is 9.42. The van der Waals surface area contributed by atoms with E-state index in [1.54, 1.807) is 0 Å². The van der Waals surface area contributed by atoms with E-state index in [0.717, 1.165) is 60.9 Å². The van der Waals surface area contributed by atoms with Crippen LogP contribution in [0, 0.1) is 17.9 Å². The molecule has 48 heavy (non-hydrogen) atoms. The lowest BCUT2D eigenvalue weighted by Crippen LogP contribution is -1.98. The molecule has 0 aliphatic rings. The SMILES string of the molecule is [C-]#[N+]c1c(-n2c3ccccc3c3ccccc32)ccc(C#N)c1-c1ccc(-c2ccccc2-n2c3ccccc3c3ccccc32)cc1. The summed E-state index contributed by atoms with van der Waals surface area (Å²) < 4.78 is 4.49. The molecule has 4 heteroatoms. The Morgan fingerprint density at radius 2 is 0.896 bits per heavy atom. The normalized spacial score (nSPS) is 11.3. The monoisotopic (exact) mass is 610 g/mol. The first-order valence-corrected chi connectivity index (χ1v) is 15.9. The van der Waals surface area contributed by atoms with E-state index in [0.29, 0.717) is 16.8 Å². The standard InChI is InChI=1S/C44H26N4/c1-46-44-42(48-40-20-10-5-15-35(40)36-16-6-11-21-41(36)48)27-26-31(28-45)43(44)30-24-22-29(23-25-30)32-12-2-7-17-37(32)47-38-18-8-3-13-33(38)34-14-4-9-19-39(34)47/h2-27H. The van der Waals surface area contributed by atoms with E-state index in [1.165, 1.54) is 10.8 Å². The van der Waals surface area contributed by atoms with Crippen molar-refractivity contribution in [2.75, 3.05) is 0 Å². The summed E-state index contributed by atoms with van der Waals surface area (Å²) in [6.07, 6.45) is 0. The Labute approximate surface area is 277 Å². The van der Waals surface area contributed by atoms with Gasteiger partial charge in [-0.2, -0.15) is 5.26 Å². The van der Waals surface area contributed by atoms with Gasteiger partial charge in [0.05, 0.1) is 46.1 Å². The number of hydrogen-bond donors (Lipinski definition) is 0. The molecule has 2 aromatic heterocycles. The summed E-state index contributed by atoms with van der Waals surface area (Å²) >= 11 is 0. The zero-order valence-corrected chi connectivity index (χ0v) is 25.8. The first kappa shape index (κ1) is 27.4. The van der Waals surface area contributed by atoms with Crippen molar-refractivity contribution in [2.45, 2.75) is 0 Å². The van der Waals surface area contributed by atoms with Crippen molar-refractivity contribution in [1.82, 2.24) is 9.13 Å². The average Bonchev–Trinajstić information content (AvgIpc) is 3.67. The van der Waals surface area contributed by atoms with Gasteiger partial charge in [0, 0.05) is 38.2 Å². The van der Waals surface area contributed by atoms with Crippen molar-refractivity contribution in [2.24, 2.45) is 0 Å². The largest absolute Gasteiger partial charge is 0.319 e. The molecule has 0 bridgehead atoms. The van der Waals surface area contributed by atoms with Gasteiger partial charge in [0.15, 0.2) is 0 Å². The van der Waals surface area contributed by atoms with Crippen molar-refractivity contribution < 1.29 is 0 Å². The van der Waals surface area contributed by atoms with E-state index < -0.39 is 0 Å². The minimum Gasteiger partial charge on any atom is -0.319 e. The predicted molar refractivity (Wildman–Crippen MR) is 197 cm³/mol. The van der Waals surface area contributed by atoms with Gasteiger partial charge >= 0.3 is 0 Å². The fourth-order valence-electron chi connectivity index (χ4n) is 7.35.